The lowest BCUT2D eigenvalue weighted by molar-refractivity contribution is -0.147. The monoisotopic (exact) mass is 339 g/mol. The Kier molecular flexibility index (Phi) is 5.31. The molecule has 0 fully saturated rings. The fourth-order valence-electron chi connectivity index (χ4n) is 1.97. The van der Waals surface area contributed by atoms with E-state index in [1.165, 1.54) is 32.0 Å². The average molecular weight is 339 g/mol. The number of nitrogens with one attached hydrogen (secondary N) is 1. The molecule has 126 valence electrons. The number of aryl methyl sites for hydroxylation is 1. The van der Waals surface area contributed by atoms with Crippen LogP contribution >= 0.6 is 0 Å². The van der Waals surface area contributed by atoms with E-state index in [0.29, 0.717) is 12.0 Å². The van der Waals surface area contributed by atoms with E-state index in [-0.39, 0.29) is 4.90 Å². The normalized spacial score (nSPS) is 14.9. The van der Waals surface area contributed by atoms with E-state index >= 15 is 0 Å². The zero-order valence-electron chi connectivity index (χ0n) is 12.8. The van der Waals surface area contributed by atoms with Gasteiger partial charge in [0.2, 0.25) is 10.0 Å². The first-order chi connectivity index (χ1) is 9.79. The Morgan fingerprint density at radius 3 is 2.23 bits per heavy atom. The molecule has 0 unspecified atom stereocenters. The number of benzene rings is 1. The predicted molar refractivity (Wildman–Crippen MR) is 76.9 cm³/mol. The van der Waals surface area contributed by atoms with Crippen LogP contribution in [0.3, 0.4) is 0 Å². The molecule has 0 saturated carbocycles. The van der Waals surface area contributed by atoms with E-state index in [9.17, 15) is 26.7 Å². The summed E-state index contributed by atoms with van der Waals surface area (Å²) in [5.74, 6) is 0. The topological polar surface area (TPSA) is 66.4 Å². The van der Waals surface area contributed by atoms with Crippen LogP contribution in [0.2, 0.25) is 0 Å². The summed E-state index contributed by atoms with van der Waals surface area (Å²) in [4.78, 5) is -0.307. The van der Waals surface area contributed by atoms with E-state index in [0.717, 1.165) is 12.5 Å². The molecule has 0 aliphatic heterocycles. The van der Waals surface area contributed by atoms with Crippen molar-refractivity contribution in [2.75, 3.05) is 0 Å². The van der Waals surface area contributed by atoms with E-state index < -0.39 is 27.8 Å². The smallest absolute Gasteiger partial charge is 0.386 e. The second-order valence-electron chi connectivity index (χ2n) is 5.62. The van der Waals surface area contributed by atoms with Crippen molar-refractivity contribution in [1.29, 1.82) is 0 Å². The molecular formula is C14H20F3NO3S. The highest BCUT2D eigenvalue weighted by atomic mass is 32.2. The van der Waals surface area contributed by atoms with Crippen molar-refractivity contribution in [3.05, 3.63) is 29.3 Å². The Labute approximate surface area is 128 Å². The molecule has 0 radical (unpaired) electrons. The largest absolute Gasteiger partial charge is 0.404 e. The molecule has 0 aliphatic carbocycles. The number of sulfonamides is 1. The third-order valence-corrected chi connectivity index (χ3v) is 4.79. The molecule has 0 aliphatic rings. The standard InChI is InChI=1S/C14H20F3NO3S/c1-5-10-6-7-11(8-12(10)13(3,4)19)22(20,21)18-9(2)14(15,16)17/h6-9,18-19H,5H2,1-4H3/t9-/m0/s1. The second kappa shape index (κ2) is 6.17. The van der Waals surface area contributed by atoms with Gasteiger partial charge < -0.3 is 5.11 Å². The first-order valence-electron chi connectivity index (χ1n) is 6.74. The first-order valence-corrected chi connectivity index (χ1v) is 8.22. The number of hydrogen-bond donors (Lipinski definition) is 2. The van der Waals surface area contributed by atoms with Crippen LogP contribution in [0.15, 0.2) is 23.1 Å². The lowest BCUT2D eigenvalue weighted by Crippen LogP contribution is -2.43. The van der Waals surface area contributed by atoms with Gasteiger partial charge in [0.15, 0.2) is 0 Å². The Morgan fingerprint density at radius 2 is 1.82 bits per heavy atom. The molecule has 22 heavy (non-hydrogen) atoms. The summed E-state index contributed by atoms with van der Waals surface area (Å²) in [5.41, 5.74) is -0.195. The van der Waals surface area contributed by atoms with E-state index in [4.69, 9.17) is 0 Å². The maximum absolute atomic E-state index is 12.5. The Morgan fingerprint density at radius 1 is 1.27 bits per heavy atom. The predicted octanol–water partition coefficient (Wildman–Crippen LogP) is 2.71. The van der Waals surface area contributed by atoms with Gasteiger partial charge in [-0.3, -0.25) is 0 Å². The highest BCUT2D eigenvalue weighted by Crippen LogP contribution is 2.28. The average Bonchev–Trinajstić information content (AvgIpc) is 2.35. The molecule has 1 atom stereocenters. The number of halogens is 3. The van der Waals surface area contributed by atoms with Gasteiger partial charge in [0, 0.05) is 0 Å². The van der Waals surface area contributed by atoms with Crippen LogP contribution in [0.5, 0.6) is 0 Å². The second-order valence-corrected chi connectivity index (χ2v) is 7.33. The SMILES string of the molecule is CCc1ccc(S(=O)(=O)N[C@@H](C)C(F)(F)F)cc1C(C)(C)O. The summed E-state index contributed by atoms with van der Waals surface area (Å²) < 4.78 is 63.3. The first kappa shape index (κ1) is 18.9. The van der Waals surface area contributed by atoms with Gasteiger partial charge in [-0.05, 0) is 50.5 Å². The Balaban J connectivity index is 3.27. The summed E-state index contributed by atoms with van der Waals surface area (Å²) in [5, 5.41) is 10.1. The summed E-state index contributed by atoms with van der Waals surface area (Å²) in [6.07, 6.45) is -4.11. The molecule has 0 aromatic heterocycles. The zero-order chi connectivity index (χ0) is 17.3. The maximum atomic E-state index is 12.5. The molecule has 0 bridgehead atoms. The highest BCUT2D eigenvalue weighted by Gasteiger charge is 2.39. The van der Waals surface area contributed by atoms with Gasteiger partial charge >= 0.3 is 6.18 Å². The van der Waals surface area contributed by atoms with Crippen molar-refractivity contribution in [2.24, 2.45) is 0 Å². The molecule has 0 saturated heterocycles. The lowest BCUT2D eigenvalue weighted by Gasteiger charge is -2.23. The number of alkyl halides is 3. The van der Waals surface area contributed by atoms with Crippen molar-refractivity contribution in [3.8, 4) is 0 Å². The fraction of sp³-hybridized carbons (Fsp3) is 0.571. The van der Waals surface area contributed by atoms with Gasteiger partial charge in [-0.2, -0.15) is 17.9 Å². The van der Waals surface area contributed by atoms with Gasteiger partial charge in [-0.25, -0.2) is 8.42 Å². The molecule has 0 heterocycles. The van der Waals surface area contributed by atoms with Crippen molar-refractivity contribution in [1.82, 2.24) is 4.72 Å². The summed E-state index contributed by atoms with van der Waals surface area (Å²) >= 11 is 0. The van der Waals surface area contributed by atoms with Crippen LogP contribution in [-0.4, -0.2) is 25.7 Å². The van der Waals surface area contributed by atoms with Crippen LogP contribution in [0.25, 0.3) is 0 Å². The van der Waals surface area contributed by atoms with E-state index in [1.807, 2.05) is 6.92 Å². The van der Waals surface area contributed by atoms with Crippen molar-refractivity contribution in [3.63, 3.8) is 0 Å². The Bertz CT molecular complexity index is 634. The summed E-state index contributed by atoms with van der Waals surface area (Å²) in [7, 11) is -4.33. The zero-order valence-corrected chi connectivity index (χ0v) is 13.6. The third kappa shape index (κ3) is 4.44. The number of hydrogen-bond acceptors (Lipinski definition) is 3. The van der Waals surface area contributed by atoms with Crippen molar-refractivity contribution < 1.29 is 26.7 Å². The quantitative estimate of drug-likeness (QED) is 0.867. The Hall–Kier alpha value is -1.12. The molecule has 4 nitrogen and oxygen atoms in total. The van der Waals surface area contributed by atoms with Crippen LogP contribution in [0.4, 0.5) is 13.2 Å². The molecule has 0 spiro atoms. The van der Waals surface area contributed by atoms with Gasteiger partial charge in [0.1, 0.15) is 6.04 Å². The molecule has 1 aromatic rings. The van der Waals surface area contributed by atoms with Gasteiger partial charge in [-0.1, -0.05) is 13.0 Å². The van der Waals surface area contributed by atoms with Gasteiger partial charge in [0.05, 0.1) is 10.5 Å². The molecule has 1 aromatic carbocycles. The minimum absolute atomic E-state index is 0.307. The molecule has 0 amide bonds. The van der Waals surface area contributed by atoms with Gasteiger partial charge in [0.25, 0.3) is 0 Å². The minimum Gasteiger partial charge on any atom is -0.386 e. The minimum atomic E-state index is -4.67. The highest BCUT2D eigenvalue weighted by molar-refractivity contribution is 7.89. The third-order valence-electron chi connectivity index (χ3n) is 3.25. The van der Waals surface area contributed by atoms with Crippen molar-refractivity contribution >= 4 is 10.0 Å². The molecular weight excluding hydrogens is 319 g/mol. The fourth-order valence-corrected chi connectivity index (χ4v) is 3.22. The van der Waals surface area contributed by atoms with Gasteiger partial charge in [-0.15, -0.1) is 0 Å². The molecule has 2 N–H and O–H groups in total. The lowest BCUT2D eigenvalue weighted by atomic mass is 9.92. The maximum Gasteiger partial charge on any atom is 0.404 e. The number of rotatable bonds is 5. The van der Waals surface area contributed by atoms with Crippen LogP contribution < -0.4 is 4.72 Å². The number of aliphatic hydroxyl groups is 1. The molecule has 8 heteroatoms. The van der Waals surface area contributed by atoms with E-state index in [1.54, 1.807) is 4.72 Å². The molecule has 1 rings (SSSR count). The summed E-state index contributed by atoms with van der Waals surface area (Å²) in [6, 6.07) is 1.75. The summed E-state index contributed by atoms with van der Waals surface area (Å²) in [6.45, 7) is 5.55. The van der Waals surface area contributed by atoms with Crippen LogP contribution in [-0.2, 0) is 22.0 Å². The van der Waals surface area contributed by atoms with Crippen LogP contribution in [0, 0.1) is 0 Å². The van der Waals surface area contributed by atoms with E-state index in [2.05, 4.69) is 0 Å². The van der Waals surface area contributed by atoms with Crippen molar-refractivity contribution in [2.45, 2.75) is 56.8 Å². The van der Waals surface area contributed by atoms with Crippen LogP contribution in [0.1, 0.15) is 38.8 Å².